The predicted molar refractivity (Wildman–Crippen MR) is 97.9 cm³/mol. The van der Waals surface area contributed by atoms with Gasteiger partial charge in [0.25, 0.3) is 0 Å². The van der Waals surface area contributed by atoms with Gasteiger partial charge in [0.2, 0.25) is 0 Å². The van der Waals surface area contributed by atoms with E-state index in [0.717, 1.165) is 11.3 Å². The van der Waals surface area contributed by atoms with E-state index >= 15 is 0 Å². The monoisotopic (exact) mass is 326 g/mol. The molecular weight excluding hydrogens is 296 g/mol. The van der Waals surface area contributed by atoms with Crippen molar-refractivity contribution >= 4 is 23.5 Å². The van der Waals surface area contributed by atoms with Crippen molar-refractivity contribution in [3.05, 3.63) is 17.7 Å². The Labute approximate surface area is 139 Å². The largest absolute Gasteiger partial charge is 0.507 e. The van der Waals surface area contributed by atoms with Crippen molar-refractivity contribution < 1.29 is 5.11 Å². The van der Waals surface area contributed by atoms with Gasteiger partial charge in [0, 0.05) is 14.4 Å². The fourth-order valence-electron chi connectivity index (χ4n) is 1.98. The fraction of sp³-hybridized carbons (Fsp3) is 0.667. The minimum absolute atomic E-state index is 0.0913. The van der Waals surface area contributed by atoms with Gasteiger partial charge in [-0.3, -0.25) is 0 Å². The highest BCUT2D eigenvalue weighted by Gasteiger charge is 2.24. The first-order chi connectivity index (χ1) is 9.53. The molecule has 0 aliphatic heterocycles. The second kappa shape index (κ2) is 7.32. The van der Waals surface area contributed by atoms with Gasteiger partial charge in [0.15, 0.2) is 0 Å². The number of hydrogen-bond acceptors (Lipinski definition) is 3. The molecule has 0 bridgehead atoms. The Morgan fingerprint density at radius 1 is 0.905 bits per heavy atom. The maximum absolute atomic E-state index is 10.4. The lowest BCUT2D eigenvalue weighted by molar-refractivity contribution is 0.458. The molecule has 0 amide bonds. The van der Waals surface area contributed by atoms with Crippen LogP contribution in [0.4, 0.5) is 0 Å². The number of hydrogen-bond donors (Lipinski definition) is 1. The van der Waals surface area contributed by atoms with E-state index in [1.807, 2.05) is 17.8 Å². The Bertz CT molecular complexity index is 467. The number of benzene rings is 1. The third-order valence-corrected chi connectivity index (χ3v) is 5.43. The number of phenols is 1. The number of aromatic hydroxyl groups is 1. The number of rotatable bonds is 5. The van der Waals surface area contributed by atoms with E-state index in [9.17, 15) is 5.11 Å². The topological polar surface area (TPSA) is 20.2 Å². The molecule has 0 fully saturated rings. The summed E-state index contributed by atoms with van der Waals surface area (Å²) in [5.41, 5.74) is 1.38. The van der Waals surface area contributed by atoms with Gasteiger partial charge >= 0.3 is 0 Å². The molecule has 0 heterocycles. The molecule has 0 aliphatic carbocycles. The molecule has 1 aromatic rings. The van der Waals surface area contributed by atoms with E-state index in [4.69, 9.17) is 0 Å². The molecule has 0 unspecified atom stereocenters. The van der Waals surface area contributed by atoms with Crippen LogP contribution in [-0.2, 0) is 6.42 Å². The van der Waals surface area contributed by atoms with E-state index in [1.165, 1.54) is 23.3 Å². The van der Waals surface area contributed by atoms with Gasteiger partial charge in [-0.1, -0.05) is 61.0 Å². The maximum Gasteiger partial charge on any atom is 0.130 e. The van der Waals surface area contributed by atoms with E-state index in [2.05, 4.69) is 54.5 Å². The first kappa shape index (κ1) is 18.8. The van der Waals surface area contributed by atoms with E-state index in [-0.39, 0.29) is 9.49 Å². The molecular formula is C18H30OS2. The van der Waals surface area contributed by atoms with Crippen molar-refractivity contribution in [1.29, 1.82) is 0 Å². The average Bonchev–Trinajstić information content (AvgIpc) is 2.30. The lowest BCUT2D eigenvalue weighted by Gasteiger charge is -2.26. The first-order valence-corrected chi connectivity index (χ1v) is 9.39. The summed E-state index contributed by atoms with van der Waals surface area (Å²) < 4.78 is 0.232. The maximum atomic E-state index is 10.4. The molecule has 0 spiro atoms. The highest BCUT2D eigenvalue weighted by atomic mass is 32.2. The summed E-state index contributed by atoms with van der Waals surface area (Å²) in [6.45, 7) is 15.5. The van der Waals surface area contributed by atoms with Crippen LogP contribution in [0.2, 0.25) is 0 Å². The minimum atomic E-state index is 0.0913. The number of unbranched alkanes of at least 4 members (excludes halogenated alkanes) is 1. The average molecular weight is 327 g/mol. The van der Waals surface area contributed by atoms with Crippen LogP contribution in [0.1, 0.15) is 66.9 Å². The van der Waals surface area contributed by atoms with Crippen LogP contribution in [0, 0.1) is 0 Å². The Hall–Kier alpha value is -0.280. The molecule has 1 nitrogen and oxygen atoms in total. The summed E-state index contributed by atoms with van der Waals surface area (Å²) in [6.07, 6.45) is 3.48. The molecule has 1 aromatic carbocycles. The molecule has 0 aliphatic rings. The van der Waals surface area contributed by atoms with Crippen molar-refractivity contribution in [1.82, 2.24) is 0 Å². The normalized spacial score (nSPS) is 12.7. The van der Waals surface area contributed by atoms with E-state index < -0.39 is 0 Å². The fourth-order valence-corrected chi connectivity index (χ4v) is 4.35. The predicted octanol–water partition coefficient (Wildman–Crippen LogP) is 6.52. The summed E-state index contributed by atoms with van der Waals surface area (Å²) in [4.78, 5) is 2.33. The number of phenolic OH excluding ortho intramolecular Hbond substituents is 1. The van der Waals surface area contributed by atoms with Crippen LogP contribution in [0.25, 0.3) is 0 Å². The zero-order valence-electron chi connectivity index (χ0n) is 14.5. The molecule has 0 saturated carbocycles. The second-order valence-corrected chi connectivity index (χ2v) is 11.1. The minimum Gasteiger partial charge on any atom is -0.507 e. The molecule has 1 rings (SSSR count). The lowest BCUT2D eigenvalue weighted by atomic mass is 10.1. The number of thioether (sulfide) groups is 2. The Balaban J connectivity index is 3.29. The smallest absolute Gasteiger partial charge is 0.130 e. The van der Waals surface area contributed by atoms with Gasteiger partial charge in [0.1, 0.15) is 5.75 Å². The van der Waals surface area contributed by atoms with Crippen molar-refractivity contribution in [2.45, 2.75) is 87.0 Å². The van der Waals surface area contributed by atoms with Gasteiger partial charge in [-0.2, -0.15) is 0 Å². The Kier molecular flexibility index (Phi) is 6.54. The van der Waals surface area contributed by atoms with Crippen molar-refractivity contribution in [2.75, 3.05) is 0 Å². The third-order valence-electron chi connectivity index (χ3n) is 2.79. The SMILES string of the molecule is CCCCc1ccc(O)c(SC(C)(C)C)c1SC(C)(C)C. The summed E-state index contributed by atoms with van der Waals surface area (Å²) >= 11 is 3.65. The Morgan fingerprint density at radius 2 is 1.43 bits per heavy atom. The van der Waals surface area contributed by atoms with Gasteiger partial charge in [-0.05, 0) is 24.5 Å². The summed E-state index contributed by atoms with van der Waals surface area (Å²) in [5.74, 6) is 0.418. The first-order valence-electron chi connectivity index (χ1n) is 7.76. The van der Waals surface area contributed by atoms with E-state index in [0.29, 0.717) is 5.75 Å². The molecule has 21 heavy (non-hydrogen) atoms. The Morgan fingerprint density at radius 3 is 1.90 bits per heavy atom. The quantitative estimate of drug-likeness (QED) is 0.622. The van der Waals surface area contributed by atoms with Gasteiger partial charge in [-0.25, -0.2) is 0 Å². The molecule has 3 heteroatoms. The van der Waals surface area contributed by atoms with Gasteiger partial charge in [-0.15, -0.1) is 23.5 Å². The van der Waals surface area contributed by atoms with Crippen molar-refractivity contribution in [3.63, 3.8) is 0 Å². The molecule has 0 atom stereocenters. The standard InChI is InChI=1S/C18H30OS2/c1-8-9-10-13-11-12-14(19)16(21-18(5,6)7)15(13)20-17(2,3)4/h11-12,19H,8-10H2,1-7H3. The van der Waals surface area contributed by atoms with Crippen molar-refractivity contribution in [2.24, 2.45) is 0 Å². The summed E-state index contributed by atoms with van der Waals surface area (Å²) in [6, 6.07) is 3.97. The molecule has 0 saturated heterocycles. The molecule has 1 N–H and O–H groups in total. The van der Waals surface area contributed by atoms with Crippen LogP contribution in [0.15, 0.2) is 21.9 Å². The zero-order valence-corrected chi connectivity index (χ0v) is 16.2. The third kappa shape index (κ3) is 6.56. The number of aryl methyl sites for hydroxylation is 1. The van der Waals surface area contributed by atoms with Crippen LogP contribution in [0.3, 0.4) is 0 Å². The van der Waals surface area contributed by atoms with Gasteiger partial charge in [0.05, 0.1) is 4.90 Å². The van der Waals surface area contributed by atoms with Crippen LogP contribution in [-0.4, -0.2) is 14.6 Å². The molecule has 0 radical (unpaired) electrons. The van der Waals surface area contributed by atoms with Crippen LogP contribution < -0.4 is 0 Å². The van der Waals surface area contributed by atoms with E-state index in [1.54, 1.807) is 11.8 Å². The molecule has 0 aromatic heterocycles. The van der Waals surface area contributed by atoms with Crippen molar-refractivity contribution in [3.8, 4) is 5.75 Å². The highest BCUT2D eigenvalue weighted by Crippen LogP contribution is 2.48. The summed E-state index contributed by atoms with van der Waals surface area (Å²) in [5, 5.41) is 10.4. The zero-order chi connectivity index (χ0) is 16.3. The van der Waals surface area contributed by atoms with Gasteiger partial charge < -0.3 is 5.11 Å². The molecule has 120 valence electrons. The second-order valence-electron chi connectivity index (χ2n) is 7.43. The highest BCUT2D eigenvalue weighted by molar-refractivity contribution is 8.03. The van der Waals surface area contributed by atoms with Crippen LogP contribution >= 0.6 is 23.5 Å². The lowest BCUT2D eigenvalue weighted by Crippen LogP contribution is -2.11. The van der Waals surface area contributed by atoms with Crippen LogP contribution in [0.5, 0.6) is 5.75 Å². The summed E-state index contributed by atoms with van der Waals surface area (Å²) in [7, 11) is 0.